The number of hydrogen-bond acceptors (Lipinski definition) is 2. The largest absolute Gasteiger partial charge is 0.359 e. The first-order chi connectivity index (χ1) is 5.33. The van der Waals surface area contributed by atoms with Crippen LogP contribution in [0.4, 0.5) is 0 Å². The van der Waals surface area contributed by atoms with Crippen molar-refractivity contribution in [2.75, 3.05) is 13.9 Å². The van der Waals surface area contributed by atoms with Crippen molar-refractivity contribution < 1.29 is 9.47 Å². The van der Waals surface area contributed by atoms with E-state index in [2.05, 4.69) is 6.92 Å². The predicted molar refractivity (Wildman–Crippen MR) is 44.4 cm³/mol. The van der Waals surface area contributed by atoms with Crippen molar-refractivity contribution in [3.63, 3.8) is 0 Å². The van der Waals surface area contributed by atoms with E-state index in [1.165, 1.54) is 25.7 Å². The molecule has 0 N–H and O–H groups in total. The van der Waals surface area contributed by atoms with E-state index in [9.17, 15) is 0 Å². The Morgan fingerprint density at radius 3 is 2.36 bits per heavy atom. The summed E-state index contributed by atoms with van der Waals surface area (Å²) in [7, 11) is 1.67. The molecule has 11 heavy (non-hydrogen) atoms. The number of hydrogen-bond donors (Lipinski definition) is 0. The van der Waals surface area contributed by atoms with E-state index >= 15 is 0 Å². The molecule has 0 aliphatic heterocycles. The van der Waals surface area contributed by atoms with E-state index in [0.717, 1.165) is 5.92 Å². The molecule has 0 saturated heterocycles. The van der Waals surface area contributed by atoms with Crippen LogP contribution < -0.4 is 0 Å². The summed E-state index contributed by atoms with van der Waals surface area (Å²) in [5.74, 6) is 0.900. The maximum absolute atomic E-state index is 5.46. The summed E-state index contributed by atoms with van der Waals surface area (Å²) in [6.07, 6.45) is 5.52. The maximum Gasteiger partial charge on any atom is 0.146 e. The lowest BCUT2D eigenvalue weighted by Crippen LogP contribution is -2.21. The topological polar surface area (TPSA) is 18.5 Å². The van der Waals surface area contributed by atoms with Crippen molar-refractivity contribution in [1.29, 1.82) is 0 Å². The zero-order chi connectivity index (χ0) is 8.10. The van der Waals surface area contributed by atoms with Crippen LogP contribution in [0.1, 0.15) is 32.6 Å². The average Bonchev–Trinajstić information content (AvgIpc) is 2.04. The van der Waals surface area contributed by atoms with Crippen LogP contribution in [0, 0.1) is 5.92 Å². The van der Waals surface area contributed by atoms with Gasteiger partial charge in [0, 0.05) is 7.11 Å². The van der Waals surface area contributed by atoms with Gasteiger partial charge in [0.1, 0.15) is 6.79 Å². The Morgan fingerprint density at radius 1 is 1.18 bits per heavy atom. The Morgan fingerprint density at radius 2 is 1.82 bits per heavy atom. The molecule has 2 nitrogen and oxygen atoms in total. The fraction of sp³-hybridized carbons (Fsp3) is 1.00. The third-order valence-corrected chi connectivity index (χ3v) is 2.38. The molecule has 1 fully saturated rings. The van der Waals surface area contributed by atoms with Gasteiger partial charge in [-0.2, -0.15) is 0 Å². The molecule has 0 atom stereocenters. The lowest BCUT2D eigenvalue weighted by atomic mass is 9.89. The molecule has 0 heterocycles. The second kappa shape index (κ2) is 4.73. The SMILES string of the molecule is COCOC1CCC(C)CC1. The van der Waals surface area contributed by atoms with Gasteiger partial charge in [0.15, 0.2) is 0 Å². The molecule has 0 amide bonds. The fourth-order valence-electron chi connectivity index (χ4n) is 1.56. The highest BCUT2D eigenvalue weighted by atomic mass is 16.7. The molecule has 0 aromatic carbocycles. The molecule has 1 aliphatic rings. The van der Waals surface area contributed by atoms with Crippen LogP contribution in [0.3, 0.4) is 0 Å². The lowest BCUT2D eigenvalue weighted by Gasteiger charge is -2.25. The minimum Gasteiger partial charge on any atom is -0.359 e. The zero-order valence-electron chi connectivity index (χ0n) is 7.51. The van der Waals surface area contributed by atoms with Crippen LogP contribution in [0.5, 0.6) is 0 Å². The smallest absolute Gasteiger partial charge is 0.146 e. The lowest BCUT2D eigenvalue weighted by molar-refractivity contribution is -0.0851. The van der Waals surface area contributed by atoms with Crippen molar-refractivity contribution in [2.45, 2.75) is 38.7 Å². The minimum atomic E-state index is 0.457. The normalized spacial score (nSPS) is 32.2. The summed E-state index contributed by atoms with van der Waals surface area (Å²) < 4.78 is 10.3. The molecule has 0 unspecified atom stereocenters. The van der Waals surface area contributed by atoms with Gasteiger partial charge in [-0.25, -0.2) is 0 Å². The minimum absolute atomic E-state index is 0.457. The highest BCUT2D eigenvalue weighted by Crippen LogP contribution is 2.25. The van der Waals surface area contributed by atoms with Gasteiger partial charge in [-0.05, 0) is 31.6 Å². The second-order valence-electron chi connectivity index (χ2n) is 3.46. The molecule has 0 aromatic heterocycles. The van der Waals surface area contributed by atoms with Crippen LogP contribution in [0.15, 0.2) is 0 Å². The van der Waals surface area contributed by atoms with Gasteiger partial charge in [-0.3, -0.25) is 0 Å². The van der Waals surface area contributed by atoms with E-state index in [1.54, 1.807) is 7.11 Å². The van der Waals surface area contributed by atoms with Gasteiger partial charge in [0.25, 0.3) is 0 Å². The van der Waals surface area contributed by atoms with Gasteiger partial charge >= 0.3 is 0 Å². The third kappa shape index (κ3) is 3.21. The summed E-state index contributed by atoms with van der Waals surface area (Å²) >= 11 is 0. The van der Waals surface area contributed by atoms with Crippen molar-refractivity contribution in [3.8, 4) is 0 Å². The highest BCUT2D eigenvalue weighted by Gasteiger charge is 2.17. The number of rotatable bonds is 3. The Labute approximate surface area is 68.9 Å². The molecular weight excluding hydrogens is 140 g/mol. The molecule has 0 radical (unpaired) electrons. The highest BCUT2D eigenvalue weighted by molar-refractivity contribution is 4.69. The summed E-state index contributed by atoms with van der Waals surface area (Å²) in [6, 6.07) is 0. The van der Waals surface area contributed by atoms with Crippen LogP contribution >= 0.6 is 0 Å². The summed E-state index contributed by atoms with van der Waals surface area (Å²) in [5.41, 5.74) is 0. The maximum atomic E-state index is 5.46. The molecule has 2 heteroatoms. The summed E-state index contributed by atoms with van der Waals surface area (Å²) in [6.45, 7) is 2.77. The van der Waals surface area contributed by atoms with E-state index in [0.29, 0.717) is 12.9 Å². The molecule has 0 aromatic rings. The number of methoxy groups -OCH3 is 1. The third-order valence-electron chi connectivity index (χ3n) is 2.38. The second-order valence-corrected chi connectivity index (χ2v) is 3.46. The Hall–Kier alpha value is -0.0800. The van der Waals surface area contributed by atoms with E-state index in [1.807, 2.05) is 0 Å². The van der Waals surface area contributed by atoms with Crippen LogP contribution in [0.25, 0.3) is 0 Å². The molecule has 1 saturated carbocycles. The molecule has 1 rings (SSSR count). The van der Waals surface area contributed by atoms with E-state index in [4.69, 9.17) is 9.47 Å². The quantitative estimate of drug-likeness (QED) is 0.586. The average molecular weight is 158 g/mol. The Bertz CT molecular complexity index is 93.0. The molecule has 0 bridgehead atoms. The summed E-state index contributed by atoms with van der Waals surface area (Å²) in [5, 5.41) is 0. The fourth-order valence-corrected chi connectivity index (χ4v) is 1.56. The van der Waals surface area contributed by atoms with Crippen molar-refractivity contribution in [3.05, 3.63) is 0 Å². The van der Waals surface area contributed by atoms with Crippen LogP contribution in [-0.2, 0) is 9.47 Å². The van der Waals surface area contributed by atoms with Crippen LogP contribution in [0.2, 0.25) is 0 Å². The first-order valence-electron chi connectivity index (χ1n) is 4.43. The van der Waals surface area contributed by atoms with Crippen molar-refractivity contribution >= 4 is 0 Å². The number of ether oxygens (including phenoxy) is 2. The van der Waals surface area contributed by atoms with Gasteiger partial charge < -0.3 is 9.47 Å². The van der Waals surface area contributed by atoms with E-state index < -0.39 is 0 Å². The van der Waals surface area contributed by atoms with Gasteiger partial charge in [-0.1, -0.05) is 6.92 Å². The summed E-state index contributed by atoms with van der Waals surface area (Å²) in [4.78, 5) is 0. The van der Waals surface area contributed by atoms with E-state index in [-0.39, 0.29) is 0 Å². The monoisotopic (exact) mass is 158 g/mol. The zero-order valence-corrected chi connectivity index (χ0v) is 7.51. The first kappa shape index (κ1) is 9.01. The van der Waals surface area contributed by atoms with Crippen molar-refractivity contribution in [2.24, 2.45) is 5.92 Å². The molecule has 1 aliphatic carbocycles. The van der Waals surface area contributed by atoms with Crippen molar-refractivity contribution in [1.82, 2.24) is 0 Å². The Kier molecular flexibility index (Phi) is 3.87. The molecular formula is C9H18O2. The predicted octanol–water partition coefficient (Wildman–Crippen LogP) is 2.19. The standard InChI is InChI=1S/C9H18O2/c1-8-3-5-9(6-4-8)11-7-10-2/h8-9H,3-7H2,1-2H3. The van der Waals surface area contributed by atoms with Gasteiger partial charge in [0.05, 0.1) is 6.10 Å². The molecule has 0 spiro atoms. The first-order valence-corrected chi connectivity index (χ1v) is 4.43. The van der Waals surface area contributed by atoms with Gasteiger partial charge in [0.2, 0.25) is 0 Å². The van der Waals surface area contributed by atoms with Gasteiger partial charge in [-0.15, -0.1) is 0 Å². The molecule has 66 valence electrons. The Balaban J connectivity index is 2.07. The van der Waals surface area contributed by atoms with Crippen LogP contribution in [-0.4, -0.2) is 20.0 Å².